The Hall–Kier alpha value is -1.91. The highest BCUT2D eigenvalue weighted by Gasteiger charge is 2.41. The standard InChI is InChI=1S/C30H44ClN5O3S/c1-21-18-28(22(2)17-26(21)31)40(38,39)36-16-15-35-10-6-9-27(35)30(36)23(3)19-29(37)32-24-7-5-8-25(20-24)34-13-11-33(4)12-14-34/h6,9-10,17-18,23-25,30H,5,7-8,11-16,19-20H2,1-4H3,(H,32,37). The van der Waals surface area contributed by atoms with Crippen molar-refractivity contribution in [1.29, 1.82) is 0 Å². The molecule has 4 unspecified atom stereocenters. The predicted octanol–water partition coefficient (Wildman–Crippen LogP) is 4.20. The second-order valence-corrected chi connectivity index (χ2v) is 14.4. The van der Waals surface area contributed by atoms with Gasteiger partial charge in [0, 0.05) is 74.7 Å². The number of rotatable bonds is 7. The van der Waals surface area contributed by atoms with Crippen LogP contribution in [0.4, 0.5) is 0 Å². The lowest BCUT2D eigenvalue weighted by atomic mass is 9.88. The molecule has 1 aromatic heterocycles. The average molecular weight is 590 g/mol. The maximum absolute atomic E-state index is 14.1. The van der Waals surface area contributed by atoms with Crippen molar-refractivity contribution in [2.24, 2.45) is 5.92 Å². The minimum absolute atomic E-state index is 0.0103. The quantitative estimate of drug-likeness (QED) is 0.524. The van der Waals surface area contributed by atoms with Crippen LogP contribution >= 0.6 is 11.6 Å². The van der Waals surface area contributed by atoms with Crippen molar-refractivity contribution in [2.45, 2.75) is 82.4 Å². The van der Waals surface area contributed by atoms with E-state index in [0.29, 0.717) is 29.7 Å². The summed E-state index contributed by atoms with van der Waals surface area (Å²) < 4.78 is 31.9. The number of nitrogens with one attached hydrogen (secondary N) is 1. The monoisotopic (exact) mass is 589 g/mol. The Morgan fingerprint density at radius 2 is 1.82 bits per heavy atom. The maximum Gasteiger partial charge on any atom is 0.244 e. The van der Waals surface area contributed by atoms with Crippen molar-refractivity contribution in [2.75, 3.05) is 39.8 Å². The van der Waals surface area contributed by atoms with Crippen LogP contribution in [0.3, 0.4) is 0 Å². The van der Waals surface area contributed by atoms with Crippen LogP contribution in [0.25, 0.3) is 0 Å². The first-order chi connectivity index (χ1) is 19.0. The van der Waals surface area contributed by atoms with Crippen LogP contribution < -0.4 is 5.32 Å². The second kappa shape index (κ2) is 12.1. The highest BCUT2D eigenvalue weighted by molar-refractivity contribution is 7.89. The first kappa shape index (κ1) is 29.6. The summed E-state index contributed by atoms with van der Waals surface area (Å²) in [6, 6.07) is 7.62. The summed E-state index contributed by atoms with van der Waals surface area (Å²) in [6.07, 6.45) is 6.59. The number of hydrogen-bond acceptors (Lipinski definition) is 5. The van der Waals surface area contributed by atoms with Crippen LogP contribution in [0.1, 0.15) is 61.9 Å². The fourth-order valence-corrected chi connectivity index (χ4v) is 9.10. The van der Waals surface area contributed by atoms with Crippen LogP contribution in [0.15, 0.2) is 35.4 Å². The minimum Gasteiger partial charge on any atom is -0.353 e. The van der Waals surface area contributed by atoms with Crippen LogP contribution in [-0.4, -0.2) is 84.9 Å². The van der Waals surface area contributed by atoms with E-state index in [1.807, 2.05) is 32.2 Å². The Morgan fingerprint density at radius 1 is 1.07 bits per heavy atom. The van der Waals surface area contributed by atoms with Gasteiger partial charge >= 0.3 is 0 Å². The van der Waals surface area contributed by atoms with Gasteiger partial charge in [-0.05, 0) is 87.9 Å². The zero-order valence-corrected chi connectivity index (χ0v) is 25.8. The van der Waals surface area contributed by atoms with Crippen molar-refractivity contribution >= 4 is 27.5 Å². The third-order valence-corrected chi connectivity index (χ3v) is 11.6. The van der Waals surface area contributed by atoms with Crippen molar-refractivity contribution in [3.05, 3.63) is 52.3 Å². The molecule has 2 aliphatic heterocycles. The Kier molecular flexibility index (Phi) is 8.97. The van der Waals surface area contributed by atoms with Gasteiger partial charge in [0.05, 0.1) is 10.9 Å². The molecule has 220 valence electrons. The summed E-state index contributed by atoms with van der Waals surface area (Å²) in [4.78, 5) is 18.6. The fraction of sp³-hybridized carbons (Fsp3) is 0.633. The van der Waals surface area contributed by atoms with Crippen molar-refractivity contribution in [3.8, 4) is 0 Å². The van der Waals surface area contributed by atoms with Gasteiger partial charge < -0.3 is 14.8 Å². The van der Waals surface area contributed by atoms with Gasteiger partial charge in [-0.3, -0.25) is 9.69 Å². The molecule has 1 aliphatic carbocycles. The van der Waals surface area contributed by atoms with E-state index in [1.165, 1.54) is 6.42 Å². The molecule has 1 saturated carbocycles. The zero-order valence-electron chi connectivity index (χ0n) is 24.3. The summed E-state index contributed by atoms with van der Waals surface area (Å²) in [5.74, 6) is -0.189. The number of fused-ring (bicyclic) bond motifs is 1. The molecule has 40 heavy (non-hydrogen) atoms. The molecular formula is C30H44ClN5O3S. The molecule has 10 heteroatoms. The number of carbonyl (C=O) groups is 1. The minimum atomic E-state index is -3.81. The van der Waals surface area contributed by atoms with Crippen molar-refractivity contribution < 1.29 is 13.2 Å². The molecule has 5 rings (SSSR count). The lowest BCUT2D eigenvalue weighted by Gasteiger charge is -2.42. The van der Waals surface area contributed by atoms with Gasteiger partial charge in [-0.2, -0.15) is 4.31 Å². The number of sulfonamides is 1. The number of hydrogen-bond donors (Lipinski definition) is 1. The molecule has 0 bridgehead atoms. The normalized spacial score (nSPS) is 25.9. The van der Waals surface area contributed by atoms with Crippen LogP contribution in [0.5, 0.6) is 0 Å². The number of carbonyl (C=O) groups excluding carboxylic acids is 1. The number of nitrogens with zero attached hydrogens (tertiary/aromatic N) is 4. The number of halogens is 1. The van der Waals surface area contributed by atoms with Crippen LogP contribution in [0.2, 0.25) is 5.02 Å². The largest absolute Gasteiger partial charge is 0.353 e. The summed E-state index contributed by atoms with van der Waals surface area (Å²) in [5, 5.41) is 3.89. The third kappa shape index (κ3) is 6.14. The topological polar surface area (TPSA) is 77.9 Å². The number of likely N-dealkylation sites (N-methyl/N-ethyl adjacent to an activating group) is 1. The summed E-state index contributed by atoms with van der Waals surface area (Å²) in [5.41, 5.74) is 2.30. The van der Waals surface area contributed by atoms with Crippen LogP contribution in [-0.2, 0) is 21.4 Å². The van der Waals surface area contributed by atoms with Gasteiger partial charge in [0.15, 0.2) is 0 Å². The Morgan fingerprint density at radius 3 is 2.58 bits per heavy atom. The summed E-state index contributed by atoms with van der Waals surface area (Å²) >= 11 is 6.29. The number of amides is 1. The predicted molar refractivity (Wildman–Crippen MR) is 159 cm³/mol. The van der Waals surface area contributed by atoms with Gasteiger partial charge in [0.25, 0.3) is 0 Å². The fourth-order valence-electron chi connectivity index (χ4n) is 6.90. The zero-order chi connectivity index (χ0) is 28.6. The average Bonchev–Trinajstić information content (AvgIpc) is 3.39. The Labute approximate surface area is 244 Å². The van der Waals surface area contributed by atoms with Crippen molar-refractivity contribution in [1.82, 2.24) is 24.0 Å². The molecule has 8 nitrogen and oxygen atoms in total. The third-order valence-electron chi connectivity index (χ3n) is 9.19. The first-order valence-electron chi connectivity index (χ1n) is 14.7. The number of aromatic nitrogens is 1. The van der Waals surface area contributed by atoms with Crippen molar-refractivity contribution in [3.63, 3.8) is 0 Å². The SMILES string of the molecule is Cc1cc(S(=O)(=O)N2CCn3cccc3C2C(C)CC(=O)NC2CCCC(N3CCN(C)CC3)C2)c(C)cc1Cl. The van der Waals surface area contributed by atoms with E-state index < -0.39 is 16.1 Å². The van der Waals surface area contributed by atoms with E-state index in [0.717, 1.165) is 56.7 Å². The molecule has 2 fully saturated rings. The lowest BCUT2D eigenvalue weighted by Crippen LogP contribution is -2.52. The van der Waals surface area contributed by atoms with Gasteiger partial charge in [0.1, 0.15) is 0 Å². The molecule has 2 aromatic rings. The molecule has 1 aromatic carbocycles. The van der Waals surface area contributed by atoms with Gasteiger partial charge in [0.2, 0.25) is 15.9 Å². The molecule has 3 heterocycles. The summed E-state index contributed by atoms with van der Waals surface area (Å²) in [6.45, 7) is 10.9. The Bertz CT molecular complexity index is 1320. The molecule has 4 atom stereocenters. The molecule has 1 saturated heterocycles. The molecule has 1 amide bonds. The van der Waals surface area contributed by atoms with Gasteiger partial charge in [-0.15, -0.1) is 0 Å². The molecule has 0 radical (unpaired) electrons. The summed E-state index contributed by atoms with van der Waals surface area (Å²) in [7, 11) is -1.64. The number of benzene rings is 1. The van der Waals surface area contributed by atoms with Gasteiger partial charge in [-0.25, -0.2) is 8.42 Å². The number of aryl methyl sites for hydroxylation is 2. The lowest BCUT2D eigenvalue weighted by molar-refractivity contribution is -0.123. The highest BCUT2D eigenvalue weighted by Crippen LogP contribution is 2.39. The van der Waals surface area contributed by atoms with E-state index in [2.05, 4.69) is 26.7 Å². The van der Waals surface area contributed by atoms with E-state index in [-0.39, 0.29) is 29.2 Å². The smallest absolute Gasteiger partial charge is 0.244 e. The molecular weight excluding hydrogens is 546 g/mol. The highest BCUT2D eigenvalue weighted by atomic mass is 35.5. The number of piperazine rings is 1. The van der Waals surface area contributed by atoms with Crippen LogP contribution in [0, 0.1) is 19.8 Å². The molecule has 1 N–H and O–H groups in total. The molecule has 0 spiro atoms. The second-order valence-electron chi connectivity index (χ2n) is 12.2. The maximum atomic E-state index is 14.1. The Balaban J connectivity index is 1.30. The van der Waals surface area contributed by atoms with E-state index in [1.54, 1.807) is 23.4 Å². The van der Waals surface area contributed by atoms with E-state index >= 15 is 0 Å². The van der Waals surface area contributed by atoms with Gasteiger partial charge in [-0.1, -0.05) is 18.5 Å². The van der Waals surface area contributed by atoms with E-state index in [9.17, 15) is 13.2 Å². The van der Waals surface area contributed by atoms with E-state index in [4.69, 9.17) is 11.6 Å². The first-order valence-corrected chi connectivity index (χ1v) is 16.5. The molecule has 3 aliphatic rings.